The van der Waals surface area contributed by atoms with E-state index in [1.165, 1.54) is 18.0 Å². The van der Waals surface area contributed by atoms with Gasteiger partial charge in [-0.1, -0.05) is 11.8 Å². The molecule has 0 unspecified atom stereocenters. The van der Waals surface area contributed by atoms with Gasteiger partial charge in [0.25, 0.3) is 5.22 Å². The van der Waals surface area contributed by atoms with Crippen molar-refractivity contribution < 1.29 is 9.21 Å². The number of hydrogen-bond acceptors (Lipinski definition) is 5. The average Bonchev–Trinajstić information content (AvgIpc) is 2.47. The summed E-state index contributed by atoms with van der Waals surface area (Å²) in [6.45, 7) is 1.82. The Bertz CT molecular complexity index is 274. The number of oxazole rings is 1. The van der Waals surface area contributed by atoms with Crippen LogP contribution in [-0.4, -0.2) is 16.6 Å². The van der Waals surface area contributed by atoms with E-state index < -0.39 is 0 Å². The molecular weight excluding hydrogens is 178 g/mol. The van der Waals surface area contributed by atoms with Crippen LogP contribution >= 0.6 is 11.8 Å². The van der Waals surface area contributed by atoms with E-state index in [4.69, 9.17) is 10.3 Å². The van der Waals surface area contributed by atoms with Crippen LogP contribution in [0.15, 0.2) is 15.9 Å². The number of carbonyl (C=O) groups excluding carboxylic acids is 1. The zero-order valence-corrected chi connectivity index (χ0v) is 7.35. The molecule has 0 aliphatic carbocycles. The summed E-state index contributed by atoms with van der Waals surface area (Å²) >= 11 is 1.20. The van der Waals surface area contributed by atoms with Gasteiger partial charge in [0, 0.05) is 0 Å². The van der Waals surface area contributed by atoms with Gasteiger partial charge in [-0.05, 0) is 6.92 Å². The molecule has 3 N–H and O–H groups in total. The Morgan fingerprint density at radius 2 is 2.67 bits per heavy atom. The van der Waals surface area contributed by atoms with Gasteiger partial charge in [-0.15, -0.1) is 0 Å². The number of amides is 1. The molecule has 0 bridgehead atoms. The van der Waals surface area contributed by atoms with Gasteiger partial charge in [0.15, 0.2) is 0 Å². The maximum absolute atomic E-state index is 10.7. The summed E-state index contributed by atoms with van der Waals surface area (Å²) in [4.78, 5) is 14.7. The first-order valence-electron chi connectivity index (χ1n) is 3.26. The second-order valence-electron chi connectivity index (χ2n) is 2.11. The highest BCUT2D eigenvalue weighted by atomic mass is 32.2. The molecule has 0 aliphatic rings. The van der Waals surface area contributed by atoms with Crippen molar-refractivity contribution in [2.45, 2.75) is 12.1 Å². The number of carbonyl (C=O) groups is 1. The Kier molecular flexibility index (Phi) is 3.12. The SMILES string of the molecule is Cc1coc(SCC(=O)NN)n1. The van der Waals surface area contributed by atoms with Gasteiger partial charge in [0.05, 0.1) is 11.4 Å². The topological polar surface area (TPSA) is 81.2 Å². The first-order chi connectivity index (χ1) is 5.72. The van der Waals surface area contributed by atoms with E-state index in [2.05, 4.69) is 4.98 Å². The molecule has 0 radical (unpaired) electrons. The quantitative estimate of drug-likeness (QED) is 0.303. The number of nitrogens with zero attached hydrogens (tertiary/aromatic N) is 1. The lowest BCUT2D eigenvalue weighted by Crippen LogP contribution is -2.31. The maximum atomic E-state index is 10.7. The van der Waals surface area contributed by atoms with Crippen molar-refractivity contribution in [3.8, 4) is 0 Å². The highest BCUT2D eigenvalue weighted by molar-refractivity contribution is 7.99. The van der Waals surface area contributed by atoms with E-state index in [1.807, 2.05) is 12.3 Å². The smallest absolute Gasteiger partial charge is 0.256 e. The minimum atomic E-state index is -0.254. The van der Waals surface area contributed by atoms with E-state index >= 15 is 0 Å². The van der Waals surface area contributed by atoms with Crippen molar-refractivity contribution in [2.75, 3.05) is 5.75 Å². The zero-order valence-electron chi connectivity index (χ0n) is 6.53. The number of hydrazine groups is 1. The summed E-state index contributed by atoms with van der Waals surface area (Å²) in [5.74, 6) is 4.84. The van der Waals surface area contributed by atoms with Crippen LogP contribution in [0.1, 0.15) is 5.69 Å². The molecule has 0 aliphatic heterocycles. The number of aryl methyl sites for hydroxylation is 1. The van der Waals surface area contributed by atoms with E-state index in [0.717, 1.165) is 5.69 Å². The van der Waals surface area contributed by atoms with E-state index in [1.54, 1.807) is 0 Å². The van der Waals surface area contributed by atoms with Crippen LogP contribution in [0.5, 0.6) is 0 Å². The molecule has 5 nitrogen and oxygen atoms in total. The van der Waals surface area contributed by atoms with Crippen LogP contribution in [0.4, 0.5) is 0 Å². The summed E-state index contributed by atoms with van der Waals surface area (Å²) < 4.78 is 4.99. The molecule has 0 aromatic carbocycles. The van der Waals surface area contributed by atoms with Crippen LogP contribution in [0.2, 0.25) is 0 Å². The monoisotopic (exact) mass is 187 g/mol. The molecule has 12 heavy (non-hydrogen) atoms. The van der Waals surface area contributed by atoms with Crippen LogP contribution in [-0.2, 0) is 4.79 Å². The first-order valence-corrected chi connectivity index (χ1v) is 4.25. The summed E-state index contributed by atoms with van der Waals surface area (Å²) in [6.07, 6.45) is 1.53. The molecule has 6 heteroatoms. The number of aromatic nitrogens is 1. The number of hydrogen-bond donors (Lipinski definition) is 2. The van der Waals surface area contributed by atoms with Crippen molar-refractivity contribution in [3.63, 3.8) is 0 Å². The molecule has 1 rings (SSSR count). The van der Waals surface area contributed by atoms with Gasteiger partial charge in [0.2, 0.25) is 5.91 Å². The van der Waals surface area contributed by atoms with Crippen LogP contribution in [0.3, 0.4) is 0 Å². The lowest BCUT2D eigenvalue weighted by Gasteiger charge is -1.94. The van der Waals surface area contributed by atoms with Gasteiger partial charge in [0.1, 0.15) is 6.26 Å². The van der Waals surface area contributed by atoms with Crippen LogP contribution in [0.25, 0.3) is 0 Å². The van der Waals surface area contributed by atoms with Crippen molar-refractivity contribution >= 4 is 17.7 Å². The fourth-order valence-corrected chi connectivity index (χ4v) is 1.23. The van der Waals surface area contributed by atoms with Gasteiger partial charge in [-0.2, -0.15) is 0 Å². The Morgan fingerprint density at radius 1 is 1.92 bits per heavy atom. The molecule has 0 atom stereocenters. The Hall–Kier alpha value is -1.01. The minimum Gasteiger partial charge on any atom is -0.440 e. The normalized spacial score (nSPS) is 9.83. The molecule has 0 saturated heterocycles. The molecule has 1 aromatic rings. The molecule has 0 spiro atoms. The van der Waals surface area contributed by atoms with Gasteiger partial charge in [-0.25, -0.2) is 10.8 Å². The van der Waals surface area contributed by atoms with Crippen molar-refractivity contribution in [2.24, 2.45) is 5.84 Å². The molecule has 0 fully saturated rings. The predicted octanol–water partition coefficient (Wildman–Crippen LogP) is 0.0650. The van der Waals surface area contributed by atoms with Gasteiger partial charge in [-0.3, -0.25) is 10.2 Å². The first kappa shape index (κ1) is 9.08. The summed E-state index contributed by atoms with van der Waals surface area (Å²) in [6, 6.07) is 0. The molecular formula is C6H9N3O2S. The summed E-state index contributed by atoms with van der Waals surface area (Å²) in [7, 11) is 0. The second-order valence-corrected chi connectivity index (χ2v) is 3.04. The maximum Gasteiger partial charge on any atom is 0.256 e. The van der Waals surface area contributed by atoms with E-state index in [0.29, 0.717) is 5.22 Å². The summed E-state index contributed by atoms with van der Waals surface area (Å²) in [5, 5.41) is 0.483. The van der Waals surface area contributed by atoms with Crippen molar-refractivity contribution in [1.82, 2.24) is 10.4 Å². The third kappa shape index (κ3) is 2.55. The van der Waals surface area contributed by atoms with Crippen molar-refractivity contribution in [3.05, 3.63) is 12.0 Å². The van der Waals surface area contributed by atoms with Crippen LogP contribution < -0.4 is 11.3 Å². The standard InChI is InChI=1S/C6H9N3O2S/c1-4-2-11-6(8-4)12-3-5(10)9-7/h2H,3,7H2,1H3,(H,9,10). The molecule has 66 valence electrons. The molecule has 1 aromatic heterocycles. The average molecular weight is 187 g/mol. The number of nitrogens with two attached hydrogens (primary N) is 1. The molecule has 1 heterocycles. The lowest BCUT2D eigenvalue weighted by molar-refractivity contribution is -0.118. The lowest BCUT2D eigenvalue weighted by atomic mass is 10.6. The highest BCUT2D eigenvalue weighted by Gasteiger charge is 2.04. The third-order valence-electron chi connectivity index (χ3n) is 1.09. The predicted molar refractivity (Wildman–Crippen MR) is 44.3 cm³/mol. The zero-order chi connectivity index (χ0) is 8.97. The number of nitrogens with one attached hydrogen (secondary N) is 1. The fraction of sp³-hybridized carbons (Fsp3) is 0.333. The summed E-state index contributed by atoms with van der Waals surface area (Å²) in [5.41, 5.74) is 2.81. The largest absolute Gasteiger partial charge is 0.440 e. The van der Waals surface area contributed by atoms with Crippen LogP contribution in [0, 0.1) is 6.92 Å². The van der Waals surface area contributed by atoms with Gasteiger partial charge >= 0.3 is 0 Å². The van der Waals surface area contributed by atoms with Gasteiger partial charge < -0.3 is 4.42 Å². The molecule has 1 amide bonds. The third-order valence-corrected chi connectivity index (χ3v) is 1.93. The fourth-order valence-electron chi connectivity index (χ4n) is 0.568. The number of rotatable bonds is 3. The van der Waals surface area contributed by atoms with Crippen molar-refractivity contribution in [1.29, 1.82) is 0 Å². The van der Waals surface area contributed by atoms with E-state index in [9.17, 15) is 4.79 Å². The second kappa shape index (κ2) is 4.13. The Morgan fingerprint density at radius 3 is 3.17 bits per heavy atom. The Labute approximate surface area is 73.7 Å². The number of thioether (sulfide) groups is 1. The Balaban J connectivity index is 2.38. The molecule has 0 saturated carbocycles. The minimum absolute atomic E-state index is 0.219. The highest BCUT2D eigenvalue weighted by Crippen LogP contribution is 2.15. The van der Waals surface area contributed by atoms with E-state index in [-0.39, 0.29) is 11.7 Å².